The summed E-state index contributed by atoms with van der Waals surface area (Å²) in [5, 5.41) is 23.8. The first-order chi connectivity index (χ1) is 19.9. The average Bonchev–Trinajstić information content (AvgIpc) is 2.95. The molecule has 10 heteroatoms. The van der Waals surface area contributed by atoms with E-state index in [2.05, 4.69) is 11.4 Å². The quantitative estimate of drug-likeness (QED) is 0.314. The zero-order valence-electron chi connectivity index (χ0n) is 25.2. The summed E-state index contributed by atoms with van der Waals surface area (Å²) in [7, 11) is -2.54. The Morgan fingerprint density at radius 2 is 1.74 bits per heavy atom. The summed E-state index contributed by atoms with van der Waals surface area (Å²) in [5.74, 6) is 0.530. The summed E-state index contributed by atoms with van der Waals surface area (Å²) < 4.78 is 40.3. The number of aliphatic hydroxyl groups excluding tert-OH is 1. The third kappa shape index (κ3) is 9.72. The highest BCUT2D eigenvalue weighted by Gasteiger charge is 2.39. The summed E-state index contributed by atoms with van der Waals surface area (Å²) in [5.41, 5.74) is -0.245. The Labute approximate surface area is 250 Å². The van der Waals surface area contributed by atoms with Gasteiger partial charge in [0.25, 0.3) is 0 Å². The van der Waals surface area contributed by atoms with Crippen molar-refractivity contribution < 1.29 is 27.8 Å². The third-order valence-electron chi connectivity index (χ3n) is 7.75. The van der Waals surface area contributed by atoms with E-state index in [0.29, 0.717) is 18.6 Å². The van der Waals surface area contributed by atoms with Crippen LogP contribution < -0.4 is 10.1 Å². The van der Waals surface area contributed by atoms with Gasteiger partial charge in [-0.1, -0.05) is 49.6 Å². The van der Waals surface area contributed by atoms with E-state index in [1.165, 1.54) is 23.5 Å². The predicted molar refractivity (Wildman–Crippen MR) is 161 cm³/mol. The normalized spacial score (nSPS) is 16.7. The third-order valence-corrected chi connectivity index (χ3v) is 9.57. The molecule has 1 fully saturated rings. The minimum atomic E-state index is -4.06. The minimum Gasteiger partial charge on any atom is -0.497 e. The van der Waals surface area contributed by atoms with Crippen LogP contribution in [0, 0.1) is 16.7 Å². The van der Waals surface area contributed by atoms with Crippen molar-refractivity contribution in [1.82, 2.24) is 9.62 Å². The number of carbonyl (C=O) groups is 1. The van der Waals surface area contributed by atoms with Crippen LogP contribution in [0.25, 0.3) is 0 Å². The van der Waals surface area contributed by atoms with Crippen LogP contribution in [-0.4, -0.2) is 61.9 Å². The molecule has 0 bridgehead atoms. The van der Waals surface area contributed by atoms with Gasteiger partial charge in [0.15, 0.2) is 0 Å². The summed E-state index contributed by atoms with van der Waals surface area (Å²) >= 11 is 0. The van der Waals surface area contributed by atoms with Gasteiger partial charge >= 0.3 is 6.09 Å². The number of rotatable bonds is 13. The van der Waals surface area contributed by atoms with Crippen LogP contribution in [0.5, 0.6) is 5.75 Å². The van der Waals surface area contributed by atoms with Crippen LogP contribution in [0.3, 0.4) is 0 Å². The number of benzene rings is 2. The number of carbonyl (C=O) groups excluding carboxylic acids is 1. The minimum absolute atomic E-state index is 0.0847. The topological polar surface area (TPSA) is 129 Å². The number of aliphatic hydroxyl groups is 1. The Balaban J connectivity index is 1.97. The lowest BCUT2D eigenvalue weighted by atomic mass is 9.71. The van der Waals surface area contributed by atoms with E-state index in [0.717, 1.165) is 37.7 Å². The Hall–Kier alpha value is -3.13. The standard InChI is InChI=1S/C32H45N3O6S/c1-31(2,3)41-30(37)34-28(22-25-12-7-5-8-13-25)29(36)23-35(24-32(20-11-21-33)18-9-6-10-19-32)42(38,39)27-16-14-26(40-4)15-17-27/h5,7-8,12-17,28-29,36H,6,9-11,18-20,22-24H2,1-4H3,(H,34,37)/t28-,29+/m0/s1. The molecule has 0 radical (unpaired) electrons. The van der Waals surface area contributed by atoms with Crippen LogP contribution in [0.4, 0.5) is 4.79 Å². The van der Waals surface area contributed by atoms with Crippen molar-refractivity contribution in [1.29, 1.82) is 5.26 Å². The second-order valence-corrected chi connectivity index (χ2v) is 14.1. The second kappa shape index (κ2) is 14.9. The van der Waals surface area contributed by atoms with Gasteiger partial charge in [0, 0.05) is 19.5 Å². The van der Waals surface area contributed by atoms with E-state index in [-0.39, 0.29) is 29.8 Å². The van der Waals surface area contributed by atoms with Crippen molar-refractivity contribution in [2.75, 3.05) is 20.2 Å². The van der Waals surface area contributed by atoms with Crippen molar-refractivity contribution in [3.8, 4) is 11.8 Å². The number of hydrogen-bond donors (Lipinski definition) is 2. The van der Waals surface area contributed by atoms with E-state index >= 15 is 0 Å². The number of methoxy groups -OCH3 is 1. The van der Waals surface area contributed by atoms with Crippen molar-refractivity contribution in [2.45, 2.75) is 94.8 Å². The van der Waals surface area contributed by atoms with Gasteiger partial charge in [0.1, 0.15) is 11.4 Å². The maximum absolute atomic E-state index is 14.1. The average molecular weight is 600 g/mol. The number of ether oxygens (including phenoxy) is 2. The van der Waals surface area contributed by atoms with Gasteiger partial charge in [0.05, 0.1) is 30.2 Å². The molecule has 0 aliphatic heterocycles. The van der Waals surface area contributed by atoms with Crippen molar-refractivity contribution in [3.63, 3.8) is 0 Å². The molecule has 0 spiro atoms. The molecule has 2 atom stereocenters. The van der Waals surface area contributed by atoms with Crippen LogP contribution in [0.2, 0.25) is 0 Å². The molecule has 3 rings (SSSR count). The monoisotopic (exact) mass is 599 g/mol. The molecule has 1 saturated carbocycles. The molecule has 1 aliphatic carbocycles. The molecule has 0 aromatic heterocycles. The van der Waals surface area contributed by atoms with Gasteiger partial charge in [-0.2, -0.15) is 9.57 Å². The van der Waals surface area contributed by atoms with E-state index in [1.807, 2.05) is 30.3 Å². The summed E-state index contributed by atoms with van der Waals surface area (Å²) in [6, 6.07) is 17.0. The Kier molecular flexibility index (Phi) is 11.8. The zero-order valence-corrected chi connectivity index (χ0v) is 26.0. The van der Waals surface area contributed by atoms with Crippen molar-refractivity contribution in [2.24, 2.45) is 5.41 Å². The van der Waals surface area contributed by atoms with Gasteiger partial charge in [0.2, 0.25) is 10.0 Å². The Bertz CT molecular complexity index is 1280. The summed E-state index contributed by atoms with van der Waals surface area (Å²) in [6.45, 7) is 5.19. The molecular formula is C32H45N3O6S. The smallest absolute Gasteiger partial charge is 0.407 e. The number of hydrogen-bond acceptors (Lipinski definition) is 7. The van der Waals surface area contributed by atoms with Crippen molar-refractivity contribution in [3.05, 3.63) is 60.2 Å². The fourth-order valence-corrected chi connectivity index (χ4v) is 7.15. The SMILES string of the molecule is COc1ccc(S(=O)(=O)N(C[C@@H](O)[C@H](Cc2ccccc2)NC(=O)OC(C)(C)C)CC2(CCC#N)CCCCC2)cc1. The molecule has 42 heavy (non-hydrogen) atoms. The lowest BCUT2D eigenvalue weighted by Gasteiger charge is -2.41. The van der Waals surface area contributed by atoms with E-state index in [4.69, 9.17) is 9.47 Å². The summed E-state index contributed by atoms with van der Waals surface area (Å²) in [4.78, 5) is 12.9. The first-order valence-corrected chi connectivity index (χ1v) is 16.0. The first-order valence-electron chi connectivity index (χ1n) is 14.6. The van der Waals surface area contributed by atoms with Crippen LogP contribution in [0.15, 0.2) is 59.5 Å². The molecule has 230 valence electrons. The van der Waals surface area contributed by atoms with Gasteiger partial charge in [-0.15, -0.1) is 0 Å². The highest BCUT2D eigenvalue weighted by molar-refractivity contribution is 7.89. The number of alkyl carbamates (subject to hydrolysis) is 1. The fraction of sp³-hybridized carbons (Fsp3) is 0.562. The van der Waals surface area contributed by atoms with E-state index < -0.39 is 33.9 Å². The molecular weight excluding hydrogens is 554 g/mol. The maximum Gasteiger partial charge on any atom is 0.407 e. The largest absolute Gasteiger partial charge is 0.497 e. The van der Waals surface area contributed by atoms with Gasteiger partial charge in [-0.3, -0.25) is 0 Å². The molecule has 9 nitrogen and oxygen atoms in total. The lowest BCUT2D eigenvalue weighted by molar-refractivity contribution is 0.0376. The first kappa shape index (κ1) is 33.4. The van der Waals surface area contributed by atoms with Crippen LogP contribution in [-0.2, 0) is 21.2 Å². The number of nitrogens with zero attached hydrogens (tertiary/aromatic N) is 2. The van der Waals surface area contributed by atoms with Crippen molar-refractivity contribution >= 4 is 16.1 Å². The molecule has 0 heterocycles. The lowest BCUT2D eigenvalue weighted by Crippen LogP contribution is -2.53. The molecule has 2 N–H and O–H groups in total. The van der Waals surface area contributed by atoms with Gasteiger partial charge in [-0.05, 0) is 81.7 Å². The van der Waals surface area contributed by atoms with Gasteiger partial charge < -0.3 is 19.9 Å². The van der Waals surface area contributed by atoms with Crippen LogP contribution >= 0.6 is 0 Å². The number of amides is 1. The zero-order chi connectivity index (χ0) is 30.8. The van der Waals surface area contributed by atoms with E-state index in [1.54, 1.807) is 32.9 Å². The fourth-order valence-electron chi connectivity index (χ4n) is 5.57. The highest BCUT2D eigenvalue weighted by atomic mass is 32.2. The Morgan fingerprint density at radius 3 is 2.31 bits per heavy atom. The number of nitriles is 1. The van der Waals surface area contributed by atoms with E-state index in [9.17, 15) is 23.6 Å². The maximum atomic E-state index is 14.1. The molecule has 1 aliphatic rings. The number of sulfonamides is 1. The molecule has 0 saturated heterocycles. The summed E-state index contributed by atoms with van der Waals surface area (Å²) in [6.07, 6.45) is 3.85. The predicted octanol–water partition coefficient (Wildman–Crippen LogP) is 5.44. The Morgan fingerprint density at radius 1 is 1.10 bits per heavy atom. The van der Waals surface area contributed by atoms with Gasteiger partial charge in [-0.25, -0.2) is 13.2 Å². The highest BCUT2D eigenvalue weighted by Crippen LogP contribution is 2.42. The molecule has 2 aromatic rings. The molecule has 0 unspecified atom stereocenters. The molecule has 2 aromatic carbocycles. The number of nitrogens with one attached hydrogen (secondary N) is 1. The second-order valence-electron chi connectivity index (χ2n) is 12.2. The van der Waals surface area contributed by atoms with Crippen LogP contribution in [0.1, 0.15) is 71.3 Å². The molecule has 1 amide bonds.